The molecule has 0 radical (unpaired) electrons. The maximum atomic E-state index is 6.02. The van der Waals surface area contributed by atoms with E-state index >= 15 is 0 Å². The van der Waals surface area contributed by atoms with Crippen LogP contribution in [0.5, 0.6) is 0 Å². The van der Waals surface area contributed by atoms with E-state index in [-0.39, 0.29) is 0 Å². The van der Waals surface area contributed by atoms with Crippen LogP contribution in [-0.4, -0.2) is 37.5 Å². The molecule has 19 heavy (non-hydrogen) atoms. The summed E-state index contributed by atoms with van der Waals surface area (Å²) in [5.41, 5.74) is 0. The van der Waals surface area contributed by atoms with Crippen LogP contribution in [0, 0.1) is 0 Å². The van der Waals surface area contributed by atoms with Crippen LogP contribution < -0.4 is 5.32 Å². The fourth-order valence-corrected chi connectivity index (χ4v) is 2.86. The van der Waals surface area contributed by atoms with Gasteiger partial charge in [-0.3, -0.25) is 0 Å². The van der Waals surface area contributed by atoms with Crippen molar-refractivity contribution >= 4 is 0 Å². The van der Waals surface area contributed by atoms with Crippen LogP contribution in [0.15, 0.2) is 0 Å². The van der Waals surface area contributed by atoms with Gasteiger partial charge in [0, 0.05) is 12.6 Å². The Morgan fingerprint density at radius 2 is 1.89 bits per heavy atom. The molecule has 1 saturated heterocycles. The van der Waals surface area contributed by atoms with Crippen molar-refractivity contribution < 1.29 is 9.47 Å². The Kier molecular flexibility index (Phi) is 8.67. The molecule has 1 rings (SSSR count). The van der Waals surface area contributed by atoms with Gasteiger partial charge < -0.3 is 14.8 Å². The summed E-state index contributed by atoms with van der Waals surface area (Å²) in [6, 6.07) is 0.663. The minimum atomic E-state index is 0.350. The molecule has 3 heteroatoms. The van der Waals surface area contributed by atoms with Gasteiger partial charge in [0.2, 0.25) is 0 Å². The van der Waals surface area contributed by atoms with Crippen molar-refractivity contribution in [3.8, 4) is 0 Å². The third kappa shape index (κ3) is 7.28. The van der Waals surface area contributed by atoms with Crippen molar-refractivity contribution in [2.75, 3.05) is 13.2 Å². The van der Waals surface area contributed by atoms with Crippen LogP contribution in [0.1, 0.15) is 66.2 Å². The number of ether oxygens (including phenoxy) is 2. The van der Waals surface area contributed by atoms with Gasteiger partial charge in [0.05, 0.1) is 18.3 Å². The average molecular weight is 271 g/mol. The third-order valence-corrected chi connectivity index (χ3v) is 3.88. The molecule has 0 bridgehead atoms. The van der Waals surface area contributed by atoms with Gasteiger partial charge in [0.1, 0.15) is 0 Å². The number of hydrogen-bond donors (Lipinski definition) is 1. The first-order valence-electron chi connectivity index (χ1n) is 8.16. The van der Waals surface area contributed by atoms with Crippen LogP contribution in [0.3, 0.4) is 0 Å². The summed E-state index contributed by atoms with van der Waals surface area (Å²) in [6.45, 7) is 10.8. The predicted molar refractivity (Wildman–Crippen MR) is 80.6 cm³/mol. The summed E-state index contributed by atoms with van der Waals surface area (Å²) in [6.07, 6.45) is 8.02. The molecule has 114 valence electrons. The summed E-state index contributed by atoms with van der Waals surface area (Å²) >= 11 is 0. The Hall–Kier alpha value is -0.120. The zero-order valence-electron chi connectivity index (χ0n) is 13.3. The Bertz CT molecular complexity index is 213. The highest BCUT2D eigenvalue weighted by Crippen LogP contribution is 2.21. The molecule has 0 amide bonds. The third-order valence-electron chi connectivity index (χ3n) is 3.88. The molecule has 3 unspecified atom stereocenters. The number of rotatable bonds is 9. The van der Waals surface area contributed by atoms with E-state index in [0.29, 0.717) is 24.4 Å². The van der Waals surface area contributed by atoms with Crippen molar-refractivity contribution in [3.63, 3.8) is 0 Å². The second-order valence-electron chi connectivity index (χ2n) is 5.92. The maximum absolute atomic E-state index is 6.02. The fraction of sp³-hybridized carbons (Fsp3) is 1.00. The molecule has 0 aromatic carbocycles. The van der Waals surface area contributed by atoms with E-state index in [0.717, 1.165) is 32.4 Å². The van der Waals surface area contributed by atoms with Gasteiger partial charge in [-0.15, -0.1) is 0 Å². The summed E-state index contributed by atoms with van der Waals surface area (Å²) in [4.78, 5) is 0. The Labute approximate surface area is 119 Å². The van der Waals surface area contributed by atoms with Crippen molar-refractivity contribution in [3.05, 3.63) is 0 Å². The summed E-state index contributed by atoms with van der Waals surface area (Å²) in [5.74, 6) is 0. The van der Waals surface area contributed by atoms with E-state index < -0.39 is 0 Å². The standard InChI is InChI=1S/C16H33NO2/c1-5-9-17-15(6-2)8-7-10-18-16-11-13(3)19-14(4)12-16/h13-17H,5-12H2,1-4H3. The lowest BCUT2D eigenvalue weighted by Crippen LogP contribution is -2.34. The second kappa shape index (κ2) is 9.73. The first kappa shape index (κ1) is 16.9. The molecule has 0 aromatic rings. The average Bonchev–Trinajstić information content (AvgIpc) is 2.37. The molecule has 3 atom stereocenters. The molecule has 1 aliphatic rings. The van der Waals surface area contributed by atoms with E-state index in [1.54, 1.807) is 0 Å². The molecule has 0 spiro atoms. The molecule has 0 aromatic heterocycles. The fourth-order valence-electron chi connectivity index (χ4n) is 2.86. The number of nitrogens with one attached hydrogen (secondary N) is 1. The minimum Gasteiger partial charge on any atom is -0.378 e. The number of hydrogen-bond acceptors (Lipinski definition) is 3. The molecule has 0 aliphatic carbocycles. The lowest BCUT2D eigenvalue weighted by atomic mass is 10.0. The van der Waals surface area contributed by atoms with Crippen molar-refractivity contribution in [1.82, 2.24) is 5.32 Å². The Morgan fingerprint density at radius 3 is 2.47 bits per heavy atom. The van der Waals surface area contributed by atoms with Crippen molar-refractivity contribution in [2.24, 2.45) is 0 Å². The first-order chi connectivity index (χ1) is 9.15. The SMILES string of the molecule is CCCNC(CC)CCCOC1CC(C)OC(C)C1. The quantitative estimate of drug-likeness (QED) is 0.651. The van der Waals surface area contributed by atoms with Gasteiger partial charge in [0.15, 0.2) is 0 Å². The highest BCUT2D eigenvalue weighted by atomic mass is 16.5. The second-order valence-corrected chi connectivity index (χ2v) is 5.92. The maximum Gasteiger partial charge on any atom is 0.0624 e. The predicted octanol–water partition coefficient (Wildman–Crippen LogP) is 3.52. The van der Waals surface area contributed by atoms with Gasteiger partial charge in [-0.25, -0.2) is 0 Å². The monoisotopic (exact) mass is 271 g/mol. The lowest BCUT2D eigenvalue weighted by Gasteiger charge is -2.32. The first-order valence-corrected chi connectivity index (χ1v) is 8.16. The van der Waals surface area contributed by atoms with E-state index in [1.165, 1.54) is 19.3 Å². The van der Waals surface area contributed by atoms with Crippen LogP contribution >= 0.6 is 0 Å². The van der Waals surface area contributed by atoms with Gasteiger partial charge in [0.25, 0.3) is 0 Å². The summed E-state index contributed by atoms with van der Waals surface area (Å²) in [7, 11) is 0. The molecule has 1 heterocycles. The van der Waals surface area contributed by atoms with E-state index in [4.69, 9.17) is 9.47 Å². The topological polar surface area (TPSA) is 30.5 Å². The van der Waals surface area contributed by atoms with Crippen LogP contribution in [0.4, 0.5) is 0 Å². The highest BCUT2D eigenvalue weighted by Gasteiger charge is 2.24. The van der Waals surface area contributed by atoms with Crippen LogP contribution in [-0.2, 0) is 9.47 Å². The highest BCUT2D eigenvalue weighted by molar-refractivity contribution is 4.74. The van der Waals surface area contributed by atoms with E-state index in [9.17, 15) is 0 Å². The van der Waals surface area contributed by atoms with Gasteiger partial charge in [-0.05, 0) is 58.9 Å². The zero-order valence-corrected chi connectivity index (χ0v) is 13.3. The molecule has 1 N–H and O–H groups in total. The summed E-state index contributed by atoms with van der Waals surface area (Å²) < 4.78 is 11.7. The lowest BCUT2D eigenvalue weighted by molar-refractivity contribution is -0.102. The van der Waals surface area contributed by atoms with E-state index in [2.05, 4.69) is 33.0 Å². The van der Waals surface area contributed by atoms with Crippen LogP contribution in [0.25, 0.3) is 0 Å². The van der Waals surface area contributed by atoms with Crippen molar-refractivity contribution in [1.29, 1.82) is 0 Å². The van der Waals surface area contributed by atoms with Gasteiger partial charge in [-0.1, -0.05) is 13.8 Å². The molecular weight excluding hydrogens is 238 g/mol. The van der Waals surface area contributed by atoms with Crippen molar-refractivity contribution in [2.45, 2.75) is 90.6 Å². The Balaban J connectivity index is 2.09. The molecule has 3 nitrogen and oxygen atoms in total. The zero-order chi connectivity index (χ0) is 14.1. The van der Waals surface area contributed by atoms with Crippen LogP contribution in [0.2, 0.25) is 0 Å². The molecule has 0 saturated carbocycles. The molecular formula is C16H33NO2. The molecule has 1 aliphatic heterocycles. The largest absolute Gasteiger partial charge is 0.378 e. The van der Waals surface area contributed by atoms with E-state index in [1.807, 2.05) is 0 Å². The smallest absolute Gasteiger partial charge is 0.0624 e. The van der Waals surface area contributed by atoms with Gasteiger partial charge in [-0.2, -0.15) is 0 Å². The minimum absolute atomic E-state index is 0.350. The molecule has 1 fully saturated rings. The normalized spacial score (nSPS) is 29.4. The Morgan fingerprint density at radius 1 is 1.21 bits per heavy atom. The summed E-state index contributed by atoms with van der Waals surface area (Å²) in [5, 5.41) is 3.60. The van der Waals surface area contributed by atoms with Gasteiger partial charge >= 0.3 is 0 Å².